The summed E-state index contributed by atoms with van der Waals surface area (Å²) in [5.41, 5.74) is 1.11. The van der Waals surface area contributed by atoms with E-state index in [9.17, 15) is 4.79 Å². The first kappa shape index (κ1) is 14.3. The lowest BCUT2D eigenvalue weighted by Crippen LogP contribution is -2.15. The van der Waals surface area contributed by atoms with Gasteiger partial charge in [0.2, 0.25) is 0 Å². The molecule has 1 fully saturated rings. The molecule has 3 nitrogen and oxygen atoms in total. The molecule has 108 valence electrons. The van der Waals surface area contributed by atoms with Crippen LogP contribution in [0.4, 0.5) is 0 Å². The van der Waals surface area contributed by atoms with Gasteiger partial charge in [0, 0.05) is 4.88 Å². The zero-order chi connectivity index (χ0) is 15.0. The van der Waals surface area contributed by atoms with Crippen molar-refractivity contribution < 1.29 is 14.6 Å². The topological polar surface area (TPSA) is 49.8 Å². The fraction of sp³-hybridized carbons (Fsp3) is 0.188. The van der Waals surface area contributed by atoms with E-state index in [2.05, 4.69) is 0 Å². The number of benzene rings is 1. The molecule has 1 saturated heterocycles. The van der Waals surface area contributed by atoms with Crippen LogP contribution in [0.5, 0.6) is 0 Å². The first-order valence-electron chi connectivity index (χ1n) is 6.43. The number of hydrogen-bond acceptors (Lipinski definition) is 3. The van der Waals surface area contributed by atoms with Crippen molar-refractivity contribution >= 4 is 40.0 Å². The molecule has 0 bridgehead atoms. The number of ether oxygens (including phenoxy) is 1. The molecule has 0 radical (unpaired) electrons. The van der Waals surface area contributed by atoms with Gasteiger partial charge in [-0.2, -0.15) is 0 Å². The van der Waals surface area contributed by atoms with Crippen LogP contribution in [0.1, 0.15) is 22.9 Å². The van der Waals surface area contributed by atoms with E-state index >= 15 is 0 Å². The molecule has 0 spiro atoms. The van der Waals surface area contributed by atoms with Crippen molar-refractivity contribution in [3.8, 4) is 0 Å². The maximum Gasteiger partial charge on any atom is 0.336 e. The van der Waals surface area contributed by atoms with Crippen molar-refractivity contribution in [2.24, 2.45) is 0 Å². The lowest BCUT2D eigenvalue weighted by atomic mass is 9.96. The number of hydrogen-bond donors (Lipinski definition) is 1. The van der Waals surface area contributed by atoms with E-state index in [1.807, 2.05) is 47.9 Å². The van der Waals surface area contributed by atoms with Crippen LogP contribution in [0, 0.1) is 0 Å². The molecule has 3 rings (SSSR count). The van der Waals surface area contributed by atoms with E-state index in [-0.39, 0.29) is 0 Å². The monoisotopic (exact) mass is 320 g/mol. The van der Waals surface area contributed by atoms with Crippen molar-refractivity contribution in [2.45, 2.75) is 18.6 Å². The van der Waals surface area contributed by atoms with Crippen LogP contribution < -0.4 is 0 Å². The third-order valence-electron chi connectivity index (χ3n) is 3.56. The number of halogens is 1. The summed E-state index contributed by atoms with van der Waals surface area (Å²) >= 11 is 7.84. The van der Waals surface area contributed by atoms with Crippen LogP contribution in [-0.4, -0.2) is 17.2 Å². The van der Waals surface area contributed by atoms with Gasteiger partial charge in [-0.3, -0.25) is 0 Å². The summed E-state index contributed by atoms with van der Waals surface area (Å²) in [6.45, 7) is 1.79. The maximum atomic E-state index is 10.9. The van der Waals surface area contributed by atoms with E-state index in [1.165, 1.54) is 0 Å². The Kier molecular flexibility index (Phi) is 3.61. The minimum absolute atomic E-state index is 0.690. The van der Waals surface area contributed by atoms with Crippen LogP contribution in [0.15, 0.2) is 41.8 Å². The molecule has 5 heteroatoms. The minimum atomic E-state index is -0.929. The number of carboxylic acid groups (broad SMARTS) is 1. The maximum absolute atomic E-state index is 10.9. The van der Waals surface area contributed by atoms with Crippen LogP contribution >= 0.6 is 22.9 Å². The molecule has 1 aromatic heterocycles. The summed E-state index contributed by atoms with van der Waals surface area (Å²) < 4.78 is 5.29. The Labute approximate surface area is 131 Å². The highest BCUT2D eigenvalue weighted by atomic mass is 35.5. The molecule has 2 aromatic rings. The van der Waals surface area contributed by atoms with Gasteiger partial charge in [0.05, 0.1) is 5.03 Å². The number of carboxylic acids is 1. The highest BCUT2D eigenvalue weighted by Gasteiger charge is 2.58. The largest absolute Gasteiger partial charge is 0.479 e. The number of rotatable bonds is 4. The van der Waals surface area contributed by atoms with Crippen LogP contribution in [-0.2, 0) is 15.1 Å². The molecule has 0 aliphatic carbocycles. The lowest BCUT2D eigenvalue weighted by Gasteiger charge is -2.06. The van der Waals surface area contributed by atoms with Crippen LogP contribution in [0.2, 0.25) is 0 Å². The number of thiophene rings is 1. The van der Waals surface area contributed by atoms with Crippen molar-refractivity contribution in [3.05, 3.63) is 57.8 Å². The zero-order valence-corrected chi connectivity index (χ0v) is 12.8. The highest BCUT2D eigenvalue weighted by Crippen LogP contribution is 2.46. The SMILES string of the molecule is CC1(c2ccc(/C=C(\Cl)c3cccs3)cc2)OC1C(=O)O. The lowest BCUT2D eigenvalue weighted by molar-refractivity contribution is -0.138. The van der Waals surface area contributed by atoms with Crippen molar-refractivity contribution in [1.29, 1.82) is 0 Å². The molecule has 1 aliphatic rings. The van der Waals surface area contributed by atoms with Gasteiger partial charge in [0.1, 0.15) is 5.60 Å². The minimum Gasteiger partial charge on any atom is -0.479 e. The Balaban J connectivity index is 1.80. The second-order valence-electron chi connectivity index (χ2n) is 5.03. The predicted molar refractivity (Wildman–Crippen MR) is 84.3 cm³/mol. The fourth-order valence-electron chi connectivity index (χ4n) is 2.26. The van der Waals surface area contributed by atoms with E-state index < -0.39 is 17.7 Å². The molecule has 1 aromatic carbocycles. The van der Waals surface area contributed by atoms with Crippen molar-refractivity contribution in [3.63, 3.8) is 0 Å². The van der Waals surface area contributed by atoms with Gasteiger partial charge in [0.25, 0.3) is 0 Å². The second kappa shape index (κ2) is 5.30. The van der Waals surface area contributed by atoms with Crippen LogP contribution in [0.3, 0.4) is 0 Å². The Bertz CT molecular complexity index is 691. The van der Waals surface area contributed by atoms with Gasteiger partial charge in [-0.1, -0.05) is 41.9 Å². The molecule has 0 amide bonds. The summed E-state index contributed by atoms with van der Waals surface area (Å²) in [6.07, 6.45) is 1.13. The summed E-state index contributed by atoms with van der Waals surface area (Å²) in [5, 5.41) is 11.6. The van der Waals surface area contributed by atoms with E-state index in [0.29, 0.717) is 5.03 Å². The highest BCUT2D eigenvalue weighted by molar-refractivity contribution is 7.12. The molecule has 1 N–H and O–H groups in total. The standard InChI is InChI=1S/C16H13ClO3S/c1-16(14(20-16)15(18)19)11-6-4-10(5-7-11)9-12(17)13-3-2-8-21-13/h2-9,14H,1H3,(H,18,19)/b12-9-. The van der Waals surface area contributed by atoms with Crippen molar-refractivity contribution in [1.82, 2.24) is 0 Å². The third-order valence-corrected chi connectivity index (χ3v) is 4.89. The molecule has 1 aliphatic heterocycles. The van der Waals surface area contributed by atoms with Gasteiger partial charge in [-0.15, -0.1) is 11.3 Å². The average Bonchev–Trinajstić information content (AvgIpc) is 2.91. The Morgan fingerprint density at radius 2 is 2.10 bits per heavy atom. The number of carbonyl (C=O) groups is 1. The first-order valence-corrected chi connectivity index (χ1v) is 7.69. The van der Waals surface area contributed by atoms with Crippen molar-refractivity contribution in [2.75, 3.05) is 0 Å². The molecule has 21 heavy (non-hydrogen) atoms. The zero-order valence-electron chi connectivity index (χ0n) is 11.2. The van der Waals surface area contributed by atoms with Gasteiger partial charge in [-0.25, -0.2) is 4.79 Å². The predicted octanol–water partition coefficient (Wildman–Crippen LogP) is 4.18. The van der Waals surface area contributed by atoms with Crippen LogP contribution in [0.25, 0.3) is 11.1 Å². The van der Waals surface area contributed by atoms with E-state index in [0.717, 1.165) is 16.0 Å². The molecular weight excluding hydrogens is 308 g/mol. The summed E-state index contributed by atoms with van der Waals surface area (Å²) in [5.74, 6) is -0.929. The van der Waals surface area contributed by atoms with Gasteiger partial charge < -0.3 is 9.84 Å². The molecule has 2 atom stereocenters. The summed E-state index contributed by atoms with van der Waals surface area (Å²) in [7, 11) is 0. The molecule has 2 unspecified atom stereocenters. The smallest absolute Gasteiger partial charge is 0.336 e. The van der Waals surface area contributed by atoms with Gasteiger partial charge in [-0.05, 0) is 35.6 Å². The quantitative estimate of drug-likeness (QED) is 0.860. The molecular formula is C16H13ClO3S. The van der Waals surface area contributed by atoms with E-state index in [4.69, 9.17) is 21.4 Å². The van der Waals surface area contributed by atoms with Gasteiger partial charge in [0.15, 0.2) is 6.10 Å². The molecule has 2 heterocycles. The Hall–Kier alpha value is -1.62. The summed E-state index contributed by atoms with van der Waals surface area (Å²) in [4.78, 5) is 12.0. The van der Waals surface area contributed by atoms with E-state index in [1.54, 1.807) is 18.3 Å². The number of epoxide rings is 1. The third kappa shape index (κ3) is 2.75. The molecule has 0 saturated carbocycles. The second-order valence-corrected chi connectivity index (χ2v) is 6.39. The average molecular weight is 321 g/mol. The Morgan fingerprint density at radius 3 is 2.62 bits per heavy atom. The first-order chi connectivity index (χ1) is 10.0. The number of aliphatic carboxylic acids is 1. The normalized spacial score (nSPS) is 24.9. The Morgan fingerprint density at radius 1 is 1.38 bits per heavy atom. The summed E-state index contributed by atoms with van der Waals surface area (Å²) in [6, 6.07) is 11.5. The van der Waals surface area contributed by atoms with Gasteiger partial charge >= 0.3 is 5.97 Å². The fourth-order valence-corrected chi connectivity index (χ4v) is 3.21.